The van der Waals surface area contributed by atoms with Gasteiger partial charge in [-0.3, -0.25) is 0 Å². The van der Waals surface area contributed by atoms with Crippen molar-refractivity contribution in [3.63, 3.8) is 0 Å². The molecule has 1 atom stereocenters. The summed E-state index contributed by atoms with van der Waals surface area (Å²) in [6, 6.07) is 17.6. The molecule has 0 aromatic heterocycles. The van der Waals surface area contributed by atoms with E-state index >= 15 is 4.39 Å². The second-order valence-corrected chi connectivity index (χ2v) is 24.4. The van der Waals surface area contributed by atoms with Crippen molar-refractivity contribution in [1.82, 2.24) is 10.6 Å². The van der Waals surface area contributed by atoms with Gasteiger partial charge in [0.15, 0.2) is 0 Å². The Kier molecular flexibility index (Phi) is 16.6. The molecule has 0 aliphatic carbocycles. The maximum absolute atomic E-state index is 16.9. The number of methoxy groups -OCH3 is 1. The third-order valence-corrected chi connectivity index (χ3v) is 22.7. The van der Waals surface area contributed by atoms with Crippen LogP contribution >= 0.6 is 0 Å². The molecule has 0 fully saturated rings. The molecule has 0 aliphatic rings. The molecule has 2 N–H and O–H groups in total. The Labute approximate surface area is 262 Å². The van der Waals surface area contributed by atoms with Crippen molar-refractivity contribution in [2.75, 3.05) is 13.7 Å². The standard InChI is InChI=1S/C23H24FN2O4.3C4H9.Sn/c1-30-22(29)23(15-16-24,26-21(28)19-12-6-3-7-13-19)14-8-9-17-25-20(27)18-10-4-2-5-11-18;3*1-3-4-2;/h2-7,10-13,15H,8-9,14,17H2,1H3,(H,25,27)(H,26,28);3*1,3-4H2,2H3;/t23-;;;;/m1..../s1. The first kappa shape index (κ1) is 36.5. The first-order valence-electron chi connectivity index (χ1n) is 16.0. The predicted octanol–water partition coefficient (Wildman–Crippen LogP) is 8.17. The summed E-state index contributed by atoms with van der Waals surface area (Å²) in [7, 11) is 1.28. The van der Waals surface area contributed by atoms with Crippen molar-refractivity contribution < 1.29 is 23.5 Å². The summed E-state index contributed by atoms with van der Waals surface area (Å²) in [5.74, 6) is -1.31. The number of rotatable bonds is 20. The van der Waals surface area contributed by atoms with Crippen LogP contribution < -0.4 is 10.6 Å². The number of carbonyl (C=O) groups excluding carboxylic acids is 3. The van der Waals surface area contributed by atoms with Gasteiger partial charge in [0, 0.05) is 0 Å². The Balaban J connectivity index is 2.43. The van der Waals surface area contributed by atoms with Crippen molar-refractivity contribution in [3.8, 4) is 0 Å². The van der Waals surface area contributed by atoms with Crippen LogP contribution in [0.1, 0.15) is 99.3 Å². The van der Waals surface area contributed by atoms with Crippen molar-refractivity contribution in [3.05, 3.63) is 81.7 Å². The average molecular weight is 702 g/mol. The van der Waals surface area contributed by atoms with Gasteiger partial charge in [-0.25, -0.2) is 0 Å². The predicted molar refractivity (Wildman–Crippen MR) is 175 cm³/mol. The van der Waals surface area contributed by atoms with Gasteiger partial charge in [-0.15, -0.1) is 0 Å². The normalized spacial score (nSPS) is 13.2. The minimum atomic E-state index is -3.55. The molecule has 2 amide bonds. The second-order valence-electron chi connectivity index (χ2n) is 11.4. The van der Waals surface area contributed by atoms with E-state index in [2.05, 4.69) is 31.4 Å². The molecule has 0 unspecified atom stereocenters. The minimum absolute atomic E-state index is 0.138. The van der Waals surface area contributed by atoms with E-state index in [0.717, 1.165) is 51.8 Å². The number of ether oxygens (including phenoxy) is 1. The number of hydrogen-bond donors (Lipinski definition) is 2. The zero-order chi connectivity index (χ0) is 31.6. The van der Waals surface area contributed by atoms with Gasteiger partial charge >= 0.3 is 257 Å². The number of hydrogen-bond acceptors (Lipinski definition) is 4. The van der Waals surface area contributed by atoms with Crippen LogP contribution in [0.25, 0.3) is 0 Å². The fraction of sp³-hybridized carbons (Fsp3) is 0.514. The molecule has 2 aromatic carbocycles. The Morgan fingerprint density at radius 2 is 1.26 bits per heavy atom. The third kappa shape index (κ3) is 11.4. The van der Waals surface area contributed by atoms with Gasteiger partial charge in [-0.1, -0.05) is 6.07 Å². The van der Waals surface area contributed by atoms with E-state index in [0.29, 0.717) is 30.5 Å². The molecule has 0 heterocycles. The molecule has 0 saturated carbocycles. The van der Waals surface area contributed by atoms with E-state index in [1.165, 1.54) is 13.2 Å². The SMILES string of the molecule is CCC[CH2][Sn]([CH2]CCC)([CH2]CCC)/[C](F)=C/[C@@](CCCCNC(=O)c1ccccc1)(NC(=O)c1ccccc1)C(=O)OC. The van der Waals surface area contributed by atoms with Crippen molar-refractivity contribution in [2.45, 2.75) is 97.4 Å². The molecule has 0 bridgehead atoms. The van der Waals surface area contributed by atoms with Crippen LogP contribution in [0.4, 0.5) is 4.39 Å². The van der Waals surface area contributed by atoms with Crippen LogP contribution in [-0.4, -0.2) is 55.4 Å². The van der Waals surface area contributed by atoms with Gasteiger partial charge in [-0.05, 0) is 0 Å². The molecule has 236 valence electrons. The second kappa shape index (κ2) is 19.6. The number of unbranched alkanes of at least 4 members (excludes halogenated alkanes) is 4. The van der Waals surface area contributed by atoms with Crippen LogP contribution in [0, 0.1) is 0 Å². The Bertz CT molecular complexity index is 1140. The van der Waals surface area contributed by atoms with Gasteiger partial charge in [0.25, 0.3) is 0 Å². The molecule has 2 aromatic rings. The zero-order valence-corrected chi connectivity index (χ0v) is 29.4. The summed E-state index contributed by atoms with van der Waals surface area (Å²) in [6.07, 6.45) is 8.48. The number of nitrogens with one attached hydrogen (secondary N) is 2. The molecular formula is C35H51FN2O4Sn. The summed E-state index contributed by atoms with van der Waals surface area (Å²) in [4.78, 5) is 39.5. The molecule has 8 heteroatoms. The number of amides is 2. The Hall–Kier alpha value is -2.68. The van der Waals surface area contributed by atoms with Gasteiger partial charge in [0.05, 0.1) is 0 Å². The topological polar surface area (TPSA) is 84.5 Å². The summed E-state index contributed by atoms with van der Waals surface area (Å²) in [5, 5.41) is 5.82. The van der Waals surface area contributed by atoms with Crippen molar-refractivity contribution in [1.29, 1.82) is 0 Å². The number of benzene rings is 2. The van der Waals surface area contributed by atoms with Crippen molar-refractivity contribution >= 4 is 36.2 Å². The Morgan fingerprint density at radius 1 is 0.767 bits per heavy atom. The number of esters is 1. The molecule has 0 spiro atoms. The van der Waals surface area contributed by atoms with Crippen LogP contribution in [0.2, 0.25) is 13.3 Å². The van der Waals surface area contributed by atoms with E-state index < -0.39 is 35.8 Å². The molecular weight excluding hydrogens is 650 g/mol. The third-order valence-electron chi connectivity index (χ3n) is 8.15. The number of carbonyl (C=O) groups is 3. The monoisotopic (exact) mass is 702 g/mol. The number of halogens is 1. The van der Waals surface area contributed by atoms with E-state index in [1.54, 1.807) is 36.4 Å². The van der Waals surface area contributed by atoms with Gasteiger partial charge in [0.1, 0.15) is 0 Å². The molecule has 43 heavy (non-hydrogen) atoms. The fourth-order valence-electron chi connectivity index (χ4n) is 5.50. The molecule has 0 radical (unpaired) electrons. The van der Waals surface area contributed by atoms with E-state index in [9.17, 15) is 14.4 Å². The average Bonchev–Trinajstić information content (AvgIpc) is 3.04. The van der Waals surface area contributed by atoms with E-state index in [-0.39, 0.29) is 16.2 Å². The van der Waals surface area contributed by atoms with Crippen LogP contribution in [0.5, 0.6) is 0 Å². The maximum atomic E-state index is 16.9. The first-order chi connectivity index (χ1) is 20.8. The van der Waals surface area contributed by atoms with E-state index in [4.69, 9.17) is 4.74 Å². The molecule has 0 aliphatic heterocycles. The Morgan fingerprint density at radius 3 is 1.72 bits per heavy atom. The first-order valence-corrected chi connectivity index (χ1v) is 23.4. The fourth-order valence-corrected chi connectivity index (χ4v) is 20.1. The summed E-state index contributed by atoms with van der Waals surface area (Å²) in [6.45, 7) is 6.78. The van der Waals surface area contributed by atoms with Gasteiger partial charge < -0.3 is 0 Å². The van der Waals surface area contributed by atoms with Gasteiger partial charge in [0.2, 0.25) is 0 Å². The van der Waals surface area contributed by atoms with Gasteiger partial charge in [-0.2, -0.15) is 0 Å². The van der Waals surface area contributed by atoms with Crippen LogP contribution in [0.15, 0.2) is 70.6 Å². The molecule has 0 saturated heterocycles. The van der Waals surface area contributed by atoms with E-state index in [1.807, 2.05) is 24.3 Å². The van der Waals surface area contributed by atoms with Crippen LogP contribution in [0.3, 0.4) is 0 Å². The zero-order valence-electron chi connectivity index (χ0n) is 26.6. The summed E-state index contributed by atoms with van der Waals surface area (Å²) >= 11 is -3.55. The summed E-state index contributed by atoms with van der Waals surface area (Å²) < 4.78 is 24.7. The molecule has 2 rings (SSSR count). The van der Waals surface area contributed by atoms with Crippen LogP contribution in [-0.2, 0) is 9.53 Å². The van der Waals surface area contributed by atoms with Crippen molar-refractivity contribution in [2.24, 2.45) is 0 Å². The quantitative estimate of drug-likeness (QED) is 0.0829. The molecule has 6 nitrogen and oxygen atoms in total. The summed E-state index contributed by atoms with van der Waals surface area (Å²) in [5.41, 5.74) is -0.693.